The van der Waals surface area contributed by atoms with Crippen molar-refractivity contribution in [3.63, 3.8) is 0 Å². The molecule has 5 rings (SSSR count). The lowest BCUT2D eigenvalue weighted by atomic mass is 10.1. The summed E-state index contributed by atoms with van der Waals surface area (Å²) in [5, 5.41) is 2.15. The van der Waals surface area contributed by atoms with Crippen LogP contribution in [0.1, 0.15) is 53.3 Å². The Balaban J connectivity index is 1.29. The van der Waals surface area contributed by atoms with Gasteiger partial charge in [-0.1, -0.05) is 42.7 Å². The molecular weight excluding hydrogens is 378 g/mol. The van der Waals surface area contributed by atoms with Crippen molar-refractivity contribution in [2.24, 2.45) is 0 Å². The summed E-state index contributed by atoms with van der Waals surface area (Å²) in [6.45, 7) is 6.61. The summed E-state index contributed by atoms with van der Waals surface area (Å²) in [6.07, 6.45) is 4.95. The van der Waals surface area contributed by atoms with Crippen LogP contribution in [0.2, 0.25) is 0 Å². The topological polar surface area (TPSA) is 28.5 Å². The van der Waals surface area contributed by atoms with Crippen LogP contribution >= 0.6 is 11.3 Å². The first-order valence-corrected chi connectivity index (χ1v) is 11.7. The first kappa shape index (κ1) is 18.9. The van der Waals surface area contributed by atoms with Crippen molar-refractivity contribution >= 4 is 27.5 Å². The predicted octanol–water partition coefficient (Wildman–Crippen LogP) is 5.08. The van der Waals surface area contributed by atoms with E-state index in [1.807, 2.05) is 0 Å². The summed E-state index contributed by atoms with van der Waals surface area (Å²) in [5.74, 6) is 0.218. The normalized spacial score (nSPS) is 18.7. The zero-order valence-corrected chi connectivity index (χ0v) is 18.0. The van der Waals surface area contributed by atoms with E-state index in [1.165, 1.54) is 47.0 Å². The number of hydrogen-bond acceptors (Lipinski definition) is 3. The molecule has 1 aliphatic carbocycles. The fourth-order valence-corrected chi connectivity index (χ4v) is 5.70. The molecule has 29 heavy (non-hydrogen) atoms. The molecule has 0 spiro atoms. The molecule has 5 heteroatoms. The Labute approximate surface area is 176 Å². The Bertz CT molecular complexity index is 989. The number of fused-ring (bicyclic) bond motifs is 1. The van der Waals surface area contributed by atoms with E-state index in [4.69, 9.17) is 0 Å². The van der Waals surface area contributed by atoms with Crippen LogP contribution in [0.25, 0.3) is 10.2 Å². The highest BCUT2D eigenvalue weighted by Gasteiger charge is 2.29. The van der Waals surface area contributed by atoms with Gasteiger partial charge in [0.05, 0.1) is 10.2 Å². The summed E-state index contributed by atoms with van der Waals surface area (Å²) >= 11 is 1.75. The zero-order valence-electron chi connectivity index (χ0n) is 17.1. The quantitative estimate of drug-likeness (QED) is 0.603. The average molecular weight is 408 g/mol. The van der Waals surface area contributed by atoms with Crippen LogP contribution < -0.4 is 0 Å². The Hall–Kier alpha value is -2.11. The smallest absolute Gasteiger partial charge is 0.270 e. The van der Waals surface area contributed by atoms with Gasteiger partial charge in [0.2, 0.25) is 0 Å². The number of piperazine rings is 1. The fourth-order valence-electron chi connectivity index (χ4n) is 4.89. The lowest BCUT2D eigenvalue weighted by Crippen LogP contribution is -2.48. The van der Waals surface area contributed by atoms with Crippen molar-refractivity contribution in [1.82, 2.24) is 14.4 Å². The monoisotopic (exact) mass is 407 g/mol. The molecule has 3 heterocycles. The van der Waals surface area contributed by atoms with Gasteiger partial charge in [0.1, 0.15) is 5.69 Å². The van der Waals surface area contributed by atoms with E-state index >= 15 is 0 Å². The van der Waals surface area contributed by atoms with Gasteiger partial charge >= 0.3 is 0 Å². The maximum Gasteiger partial charge on any atom is 0.270 e. The van der Waals surface area contributed by atoms with Crippen LogP contribution in [0.3, 0.4) is 0 Å². The second-order valence-corrected chi connectivity index (χ2v) is 9.51. The minimum absolute atomic E-state index is 0.218. The van der Waals surface area contributed by atoms with E-state index in [-0.39, 0.29) is 5.91 Å². The van der Waals surface area contributed by atoms with E-state index in [9.17, 15) is 4.79 Å². The second kappa shape index (κ2) is 7.96. The molecule has 1 amide bonds. The van der Waals surface area contributed by atoms with Gasteiger partial charge in [0.15, 0.2) is 0 Å². The third kappa shape index (κ3) is 3.74. The van der Waals surface area contributed by atoms with Crippen molar-refractivity contribution in [2.75, 3.05) is 26.2 Å². The molecular formula is C24H29N3OS. The number of carbonyl (C=O) groups is 1. The first-order chi connectivity index (χ1) is 14.2. The molecule has 2 fully saturated rings. The standard InChI is InChI=1S/C24H29N3OS/c1-18-6-8-19(9-7-18)17-25-11-13-26(14-12-25)24(28)22-16-23-21(10-15-29-23)27(22)20-4-2-3-5-20/h6-10,15-16,20H,2-5,11-14,17H2,1H3. The van der Waals surface area contributed by atoms with Crippen LogP contribution in [-0.2, 0) is 6.54 Å². The maximum atomic E-state index is 13.4. The minimum Gasteiger partial charge on any atom is -0.335 e. The largest absolute Gasteiger partial charge is 0.335 e. The minimum atomic E-state index is 0.218. The molecule has 2 aromatic heterocycles. The number of nitrogens with zero attached hydrogens (tertiary/aromatic N) is 3. The van der Waals surface area contributed by atoms with Crippen LogP contribution in [0, 0.1) is 6.92 Å². The Morgan fingerprint density at radius 1 is 1.03 bits per heavy atom. The van der Waals surface area contributed by atoms with Crippen molar-refractivity contribution in [1.29, 1.82) is 0 Å². The van der Waals surface area contributed by atoms with Crippen molar-refractivity contribution in [3.8, 4) is 0 Å². The fraction of sp³-hybridized carbons (Fsp3) is 0.458. The van der Waals surface area contributed by atoms with E-state index in [2.05, 4.69) is 63.1 Å². The third-order valence-electron chi connectivity index (χ3n) is 6.56. The molecule has 4 nitrogen and oxygen atoms in total. The summed E-state index contributed by atoms with van der Waals surface area (Å²) < 4.78 is 3.61. The van der Waals surface area contributed by atoms with Gasteiger partial charge < -0.3 is 9.47 Å². The number of aryl methyl sites for hydroxylation is 1. The zero-order chi connectivity index (χ0) is 19.8. The van der Waals surface area contributed by atoms with Crippen LogP contribution in [0.15, 0.2) is 41.8 Å². The summed E-state index contributed by atoms with van der Waals surface area (Å²) in [7, 11) is 0. The Morgan fingerprint density at radius 2 is 1.76 bits per heavy atom. The molecule has 0 bridgehead atoms. The van der Waals surface area contributed by atoms with Crippen molar-refractivity contribution < 1.29 is 4.79 Å². The van der Waals surface area contributed by atoms with Crippen LogP contribution in [0.4, 0.5) is 0 Å². The molecule has 1 aliphatic heterocycles. The highest BCUT2D eigenvalue weighted by Crippen LogP contribution is 2.37. The third-order valence-corrected chi connectivity index (χ3v) is 7.41. The van der Waals surface area contributed by atoms with E-state index in [1.54, 1.807) is 11.3 Å². The number of carbonyl (C=O) groups excluding carboxylic acids is 1. The Kier molecular flexibility index (Phi) is 5.18. The molecule has 1 saturated carbocycles. The molecule has 2 aliphatic rings. The van der Waals surface area contributed by atoms with E-state index in [0.29, 0.717) is 6.04 Å². The number of aromatic nitrogens is 1. The van der Waals surface area contributed by atoms with E-state index < -0.39 is 0 Å². The highest BCUT2D eigenvalue weighted by molar-refractivity contribution is 7.17. The molecule has 1 saturated heterocycles. The van der Waals surface area contributed by atoms with Crippen molar-refractivity contribution in [3.05, 3.63) is 58.6 Å². The molecule has 3 aromatic rings. The highest BCUT2D eigenvalue weighted by atomic mass is 32.1. The van der Waals surface area contributed by atoms with Crippen LogP contribution in [-0.4, -0.2) is 46.5 Å². The SMILES string of the molecule is Cc1ccc(CN2CCN(C(=O)c3cc4sccc4n3C3CCCC3)CC2)cc1. The average Bonchev–Trinajstić information content (AvgIpc) is 3.47. The first-order valence-electron chi connectivity index (χ1n) is 10.8. The van der Waals surface area contributed by atoms with Gasteiger partial charge in [-0.15, -0.1) is 11.3 Å². The van der Waals surface area contributed by atoms with Gasteiger partial charge in [0.25, 0.3) is 5.91 Å². The van der Waals surface area contributed by atoms with Gasteiger partial charge in [0, 0.05) is 38.8 Å². The molecule has 0 radical (unpaired) electrons. The van der Waals surface area contributed by atoms with Crippen molar-refractivity contribution in [2.45, 2.75) is 45.2 Å². The second-order valence-electron chi connectivity index (χ2n) is 8.56. The number of hydrogen-bond donors (Lipinski definition) is 0. The Morgan fingerprint density at radius 3 is 2.48 bits per heavy atom. The van der Waals surface area contributed by atoms with Crippen LogP contribution in [0.5, 0.6) is 0 Å². The molecule has 152 valence electrons. The predicted molar refractivity (Wildman–Crippen MR) is 120 cm³/mol. The number of amides is 1. The number of rotatable bonds is 4. The van der Waals surface area contributed by atoms with Gasteiger partial charge in [-0.05, 0) is 42.8 Å². The van der Waals surface area contributed by atoms with E-state index in [0.717, 1.165) is 38.4 Å². The van der Waals surface area contributed by atoms with Gasteiger partial charge in [-0.25, -0.2) is 0 Å². The lowest BCUT2D eigenvalue weighted by molar-refractivity contribution is 0.0616. The lowest BCUT2D eigenvalue weighted by Gasteiger charge is -2.35. The molecule has 1 aromatic carbocycles. The molecule has 0 N–H and O–H groups in total. The summed E-state index contributed by atoms with van der Waals surface area (Å²) in [5.41, 5.74) is 4.81. The maximum absolute atomic E-state index is 13.4. The van der Waals surface area contributed by atoms with Gasteiger partial charge in [-0.3, -0.25) is 9.69 Å². The summed E-state index contributed by atoms with van der Waals surface area (Å²) in [4.78, 5) is 18.0. The van der Waals surface area contributed by atoms with Gasteiger partial charge in [-0.2, -0.15) is 0 Å². The molecule has 0 atom stereocenters. The summed E-state index contributed by atoms with van der Waals surface area (Å²) in [6, 6.07) is 13.6. The number of benzene rings is 1. The number of thiophene rings is 1. The molecule has 0 unspecified atom stereocenters.